The molecule has 0 saturated heterocycles. The fourth-order valence-corrected chi connectivity index (χ4v) is 0.340. The molecule has 0 saturated carbocycles. The predicted octanol–water partition coefficient (Wildman–Crippen LogP) is 0.258. The third kappa shape index (κ3) is 24.8. The van der Waals surface area contributed by atoms with Crippen LogP contribution in [0.1, 0.15) is 6.42 Å². The van der Waals surface area contributed by atoms with E-state index < -0.39 is 0 Å². The van der Waals surface area contributed by atoms with Gasteiger partial charge in [0.1, 0.15) is 0 Å². The molecule has 0 spiro atoms. The minimum absolute atomic E-state index is 0. The smallest absolute Gasteiger partial charge is 0.358 e. The van der Waals surface area contributed by atoms with Crippen LogP contribution in [0.25, 0.3) is 0 Å². The predicted molar refractivity (Wildman–Crippen MR) is 61.5 cm³/mol. The zero-order chi connectivity index (χ0) is 3.54. The molecule has 1 aliphatic carbocycles. The van der Waals surface area contributed by atoms with E-state index in [0.717, 1.165) is 6.42 Å². The largest absolute Gasteiger partial charge is 3.00 e. The molecule has 1 rings (SSSR count). The molecule has 3 radical (unpaired) electrons. The Balaban J connectivity index is -0.0000000104. The molecule has 11 heavy (non-hydrogen) atoms. The molecule has 65 valence electrons. The van der Waals surface area contributed by atoms with Gasteiger partial charge in [-0.1, -0.05) is 0 Å². The molecule has 0 aliphatic heterocycles. The summed E-state index contributed by atoms with van der Waals surface area (Å²) in [6.07, 6.45) is 10.0. The van der Waals surface area contributed by atoms with Crippen LogP contribution in [0.3, 0.4) is 0 Å². The van der Waals surface area contributed by atoms with Crippen molar-refractivity contribution in [3.8, 4) is 0 Å². The van der Waals surface area contributed by atoms with E-state index in [-0.39, 0.29) is 70.9 Å². The second-order valence-electron chi connectivity index (χ2n) is 1.00. The van der Waals surface area contributed by atoms with Crippen molar-refractivity contribution in [1.82, 2.24) is 0 Å². The zero-order valence-electron chi connectivity index (χ0n) is 7.85. The number of hydrogen-bond acceptors (Lipinski definition) is 0. The van der Waals surface area contributed by atoms with E-state index in [2.05, 4.69) is 12.2 Å². The van der Waals surface area contributed by atoms with E-state index in [1.54, 1.807) is 0 Å². The summed E-state index contributed by atoms with van der Waals surface area (Å²) >= 11 is 0. The molecule has 4 heteroatoms. The van der Waals surface area contributed by atoms with E-state index in [9.17, 15) is 0 Å². The van der Waals surface area contributed by atoms with Crippen molar-refractivity contribution in [2.45, 2.75) is 6.42 Å². The maximum atomic E-state index is 2.99. The molecule has 0 unspecified atom stereocenters. The third-order valence-corrected chi connectivity index (χ3v) is 0.586. The SMILES string of the molecule is Cl.[C-]1=CC=CC1.[CH3-].[CH3-].[SiH3].[SiH3].[Ti+3]. The summed E-state index contributed by atoms with van der Waals surface area (Å²) in [5.41, 5.74) is 0. The van der Waals surface area contributed by atoms with Crippen LogP contribution < -0.4 is 0 Å². The molecule has 0 bridgehead atoms. The molecular weight excluding hydrogens is 224 g/mol. The van der Waals surface area contributed by atoms with Gasteiger partial charge in [0.25, 0.3) is 0 Å². The van der Waals surface area contributed by atoms with E-state index in [0.29, 0.717) is 0 Å². The monoisotopic (exact) mass is 241 g/mol. The Morgan fingerprint density at radius 2 is 1.55 bits per heavy atom. The van der Waals surface area contributed by atoms with Crippen LogP contribution in [0.2, 0.25) is 0 Å². The molecule has 0 atom stereocenters. The maximum Gasteiger partial charge on any atom is 3.00 e. The average Bonchev–Trinajstić information content (AvgIpc) is 1.76. The molecule has 0 aromatic carbocycles. The first kappa shape index (κ1) is 40.6. The molecule has 1 aliphatic rings. The van der Waals surface area contributed by atoms with Gasteiger partial charge in [-0.15, -0.1) is 18.8 Å². The van der Waals surface area contributed by atoms with Crippen molar-refractivity contribution in [3.05, 3.63) is 39.2 Å². The molecule has 0 aromatic rings. The molecule has 0 N–H and O–H groups in total. The standard InChI is InChI=1S/C5H5.2CH3.ClH.2H3Si.Ti/c1-2-4-5-3-1;;;;;;/h1-3H,4H2;2*1H3;1H;2*1H3;/q3*-1;;;;+3. The number of hydrogen-bond donors (Lipinski definition) is 0. The zero-order valence-corrected chi connectivity index (χ0v) is 14.2. The van der Waals surface area contributed by atoms with Crippen molar-refractivity contribution in [2.24, 2.45) is 0 Å². The summed E-state index contributed by atoms with van der Waals surface area (Å²) in [5.74, 6) is 0. The number of rotatable bonds is 0. The number of halogens is 1. The Labute approximate surface area is 101 Å². The minimum atomic E-state index is 0. The van der Waals surface area contributed by atoms with E-state index in [1.807, 2.05) is 12.2 Å². The van der Waals surface area contributed by atoms with Crippen molar-refractivity contribution in [1.29, 1.82) is 0 Å². The summed E-state index contributed by atoms with van der Waals surface area (Å²) in [4.78, 5) is 0. The van der Waals surface area contributed by atoms with E-state index in [4.69, 9.17) is 0 Å². The molecule has 0 nitrogen and oxygen atoms in total. The van der Waals surface area contributed by atoms with Crippen LogP contribution in [0, 0.1) is 20.9 Å². The second kappa shape index (κ2) is 30.7. The number of allylic oxidation sites excluding steroid dienone is 4. The summed E-state index contributed by atoms with van der Waals surface area (Å²) in [6, 6.07) is 0. The van der Waals surface area contributed by atoms with Crippen LogP contribution in [0.4, 0.5) is 0 Å². The van der Waals surface area contributed by atoms with Gasteiger partial charge in [0.2, 0.25) is 0 Å². The fourth-order valence-electron chi connectivity index (χ4n) is 0.340. The summed E-state index contributed by atoms with van der Waals surface area (Å²) in [6.45, 7) is 0. The summed E-state index contributed by atoms with van der Waals surface area (Å²) in [5, 5.41) is 0. The van der Waals surface area contributed by atoms with E-state index in [1.165, 1.54) is 0 Å². The van der Waals surface area contributed by atoms with Gasteiger partial charge in [-0.25, -0.2) is 12.2 Å². The van der Waals surface area contributed by atoms with Crippen LogP contribution in [-0.2, 0) is 21.7 Å². The Hall–Kier alpha value is 0.918. The molecular formula is C7H18ClSi2Ti. The quantitative estimate of drug-likeness (QED) is 0.422. The molecule has 0 heterocycles. The normalized spacial score (nSPS) is 8.00. The fraction of sp³-hybridized carbons (Fsp3) is 0.143. The first-order valence-electron chi connectivity index (χ1n) is 1.72. The van der Waals surface area contributed by atoms with Crippen LogP contribution in [0.15, 0.2) is 18.2 Å². The van der Waals surface area contributed by atoms with E-state index >= 15 is 0 Å². The van der Waals surface area contributed by atoms with Crippen molar-refractivity contribution in [3.63, 3.8) is 0 Å². The average molecular weight is 242 g/mol. The Morgan fingerprint density at radius 1 is 1.09 bits per heavy atom. The Bertz CT molecular complexity index is 74.5. The van der Waals surface area contributed by atoms with Crippen molar-refractivity contribution >= 4 is 34.3 Å². The van der Waals surface area contributed by atoms with Crippen molar-refractivity contribution in [2.75, 3.05) is 0 Å². The summed E-state index contributed by atoms with van der Waals surface area (Å²) < 4.78 is 0. The van der Waals surface area contributed by atoms with Gasteiger partial charge >= 0.3 is 21.7 Å². The molecule has 0 fully saturated rings. The van der Waals surface area contributed by atoms with Gasteiger partial charge in [-0.05, 0) is 21.9 Å². The van der Waals surface area contributed by atoms with Gasteiger partial charge in [0, 0.05) is 0 Å². The second-order valence-corrected chi connectivity index (χ2v) is 1.00. The molecule has 0 amide bonds. The van der Waals surface area contributed by atoms with Gasteiger partial charge < -0.3 is 14.9 Å². The summed E-state index contributed by atoms with van der Waals surface area (Å²) in [7, 11) is 0. The maximum absolute atomic E-state index is 2.99. The van der Waals surface area contributed by atoms with Crippen LogP contribution in [-0.4, -0.2) is 21.9 Å². The van der Waals surface area contributed by atoms with Crippen molar-refractivity contribution < 1.29 is 21.7 Å². The van der Waals surface area contributed by atoms with Crippen LogP contribution in [0.5, 0.6) is 0 Å². The van der Waals surface area contributed by atoms with Gasteiger partial charge in [-0.3, -0.25) is 6.08 Å². The first-order chi connectivity index (χ1) is 2.50. The third-order valence-electron chi connectivity index (χ3n) is 0.586. The first-order valence-corrected chi connectivity index (χ1v) is 1.72. The Kier molecular flexibility index (Phi) is 113. The van der Waals surface area contributed by atoms with Gasteiger partial charge in [0.15, 0.2) is 0 Å². The van der Waals surface area contributed by atoms with Gasteiger partial charge in [0.05, 0.1) is 0 Å². The Morgan fingerprint density at radius 3 is 1.64 bits per heavy atom. The van der Waals surface area contributed by atoms with Crippen LogP contribution >= 0.6 is 12.4 Å². The molecule has 0 aromatic heterocycles. The van der Waals surface area contributed by atoms with Gasteiger partial charge in [-0.2, -0.15) is 6.08 Å². The topological polar surface area (TPSA) is 0 Å². The minimum Gasteiger partial charge on any atom is -0.358 e.